The van der Waals surface area contributed by atoms with E-state index in [1.807, 2.05) is 31.2 Å². The maximum Gasteiger partial charge on any atom is 0.326 e. The zero-order valence-electron chi connectivity index (χ0n) is 14.5. The Bertz CT molecular complexity index is 629. The minimum Gasteiger partial charge on any atom is -0.497 e. The molecule has 1 aromatic carbocycles. The molecule has 1 atom stereocenters. The van der Waals surface area contributed by atoms with Gasteiger partial charge in [0.15, 0.2) is 0 Å². The molecule has 1 aliphatic rings. The molecule has 7 heteroatoms. The molecule has 0 spiro atoms. The SMILES string of the molecule is CCN(Cc1ccc(OC)cc1)C(=O)CC1C(=O)N(C)C(=O)N1C. The number of benzene rings is 1. The number of ether oxygens (including phenoxy) is 1. The van der Waals surface area contributed by atoms with Gasteiger partial charge in [0, 0.05) is 27.2 Å². The number of urea groups is 1. The predicted octanol–water partition coefficient (Wildman–Crippen LogP) is 1.33. The minimum absolute atomic E-state index is 0.00456. The van der Waals surface area contributed by atoms with Crippen LogP contribution in [0.5, 0.6) is 5.75 Å². The molecule has 1 aliphatic heterocycles. The highest BCUT2D eigenvalue weighted by Gasteiger charge is 2.42. The molecule has 4 amide bonds. The van der Waals surface area contributed by atoms with Gasteiger partial charge < -0.3 is 14.5 Å². The zero-order valence-corrected chi connectivity index (χ0v) is 14.5. The Morgan fingerprint density at radius 2 is 1.83 bits per heavy atom. The molecule has 1 aromatic rings. The summed E-state index contributed by atoms with van der Waals surface area (Å²) >= 11 is 0. The second-order valence-corrected chi connectivity index (χ2v) is 5.77. The Hall–Kier alpha value is -2.57. The quantitative estimate of drug-likeness (QED) is 0.736. The number of carbonyl (C=O) groups excluding carboxylic acids is 3. The zero-order chi connectivity index (χ0) is 17.9. The third-order valence-electron chi connectivity index (χ3n) is 4.31. The van der Waals surface area contributed by atoms with E-state index in [4.69, 9.17) is 4.74 Å². The van der Waals surface area contributed by atoms with Gasteiger partial charge in [-0.05, 0) is 24.6 Å². The molecular weight excluding hydrogens is 310 g/mol. The van der Waals surface area contributed by atoms with Crippen molar-refractivity contribution in [2.75, 3.05) is 27.7 Å². The maximum atomic E-state index is 12.6. The minimum atomic E-state index is -0.722. The highest BCUT2D eigenvalue weighted by atomic mass is 16.5. The van der Waals surface area contributed by atoms with Crippen LogP contribution in [0.25, 0.3) is 0 Å². The summed E-state index contributed by atoms with van der Waals surface area (Å²) in [5, 5.41) is 0. The van der Waals surface area contributed by atoms with E-state index in [0.717, 1.165) is 16.2 Å². The van der Waals surface area contributed by atoms with Gasteiger partial charge in [0.05, 0.1) is 13.5 Å². The van der Waals surface area contributed by atoms with Gasteiger partial charge in [-0.15, -0.1) is 0 Å². The second-order valence-electron chi connectivity index (χ2n) is 5.77. The third kappa shape index (κ3) is 3.50. The summed E-state index contributed by atoms with van der Waals surface area (Å²) < 4.78 is 5.12. The first kappa shape index (κ1) is 17.8. The molecule has 0 aliphatic carbocycles. The molecule has 0 saturated carbocycles. The molecule has 24 heavy (non-hydrogen) atoms. The number of nitrogens with zero attached hydrogens (tertiary/aromatic N) is 3. The van der Waals surface area contributed by atoms with Gasteiger partial charge in [-0.2, -0.15) is 0 Å². The number of imide groups is 1. The van der Waals surface area contributed by atoms with Crippen LogP contribution in [0.15, 0.2) is 24.3 Å². The first-order chi connectivity index (χ1) is 11.4. The number of methoxy groups -OCH3 is 1. The van der Waals surface area contributed by atoms with Crippen LogP contribution in [0.2, 0.25) is 0 Å². The molecule has 130 valence electrons. The van der Waals surface area contributed by atoms with Gasteiger partial charge in [-0.3, -0.25) is 14.5 Å². The normalized spacial score (nSPS) is 17.4. The topological polar surface area (TPSA) is 70.2 Å². The number of hydrogen-bond donors (Lipinski definition) is 0. The Kier molecular flexibility index (Phi) is 5.43. The molecular formula is C17H23N3O4. The van der Waals surface area contributed by atoms with Crippen LogP contribution in [0.4, 0.5) is 4.79 Å². The number of amides is 4. The van der Waals surface area contributed by atoms with Gasteiger partial charge in [0.2, 0.25) is 5.91 Å². The van der Waals surface area contributed by atoms with E-state index >= 15 is 0 Å². The van der Waals surface area contributed by atoms with Crippen molar-refractivity contribution in [2.24, 2.45) is 0 Å². The Morgan fingerprint density at radius 1 is 1.21 bits per heavy atom. The van der Waals surface area contributed by atoms with E-state index in [-0.39, 0.29) is 24.3 Å². The van der Waals surface area contributed by atoms with Gasteiger partial charge in [0.25, 0.3) is 5.91 Å². The fourth-order valence-electron chi connectivity index (χ4n) is 2.70. The van der Waals surface area contributed by atoms with Crippen molar-refractivity contribution in [1.82, 2.24) is 14.7 Å². The van der Waals surface area contributed by atoms with Crippen LogP contribution in [0.1, 0.15) is 18.9 Å². The predicted molar refractivity (Wildman–Crippen MR) is 88.4 cm³/mol. The molecule has 1 saturated heterocycles. The molecule has 2 rings (SSSR count). The van der Waals surface area contributed by atoms with E-state index in [1.165, 1.54) is 11.9 Å². The van der Waals surface area contributed by atoms with Crippen molar-refractivity contribution in [3.63, 3.8) is 0 Å². The van der Waals surface area contributed by atoms with Crippen LogP contribution in [-0.4, -0.2) is 66.3 Å². The third-order valence-corrected chi connectivity index (χ3v) is 4.31. The van der Waals surface area contributed by atoms with Crippen molar-refractivity contribution in [2.45, 2.75) is 25.9 Å². The fraction of sp³-hybridized carbons (Fsp3) is 0.471. The number of rotatable bonds is 6. The summed E-state index contributed by atoms with van der Waals surface area (Å²) in [6.07, 6.45) is -0.00456. The first-order valence-electron chi connectivity index (χ1n) is 7.84. The largest absolute Gasteiger partial charge is 0.497 e. The molecule has 0 radical (unpaired) electrons. The summed E-state index contributed by atoms with van der Waals surface area (Å²) in [5.41, 5.74) is 0.977. The van der Waals surface area contributed by atoms with Crippen LogP contribution in [0, 0.1) is 0 Å². The van der Waals surface area contributed by atoms with E-state index in [0.29, 0.717) is 13.1 Å². The van der Waals surface area contributed by atoms with Crippen molar-refractivity contribution in [3.8, 4) is 5.75 Å². The molecule has 0 aromatic heterocycles. The lowest BCUT2D eigenvalue weighted by Crippen LogP contribution is -2.39. The smallest absolute Gasteiger partial charge is 0.326 e. The molecule has 1 fully saturated rings. The van der Waals surface area contributed by atoms with Crippen molar-refractivity contribution >= 4 is 17.8 Å². The van der Waals surface area contributed by atoms with Crippen molar-refractivity contribution in [1.29, 1.82) is 0 Å². The molecule has 1 unspecified atom stereocenters. The molecule has 1 heterocycles. The highest BCUT2D eigenvalue weighted by molar-refractivity contribution is 6.05. The van der Waals surface area contributed by atoms with Gasteiger partial charge in [-0.1, -0.05) is 12.1 Å². The van der Waals surface area contributed by atoms with E-state index in [9.17, 15) is 14.4 Å². The lowest BCUT2D eigenvalue weighted by atomic mass is 10.1. The Morgan fingerprint density at radius 3 is 2.29 bits per heavy atom. The van der Waals surface area contributed by atoms with E-state index < -0.39 is 6.04 Å². The first-order valence-corrected chi connectivity index (χ1v) is 7.84. The maximum absolute atomic E-state index is 12.6. The highest BCUT2D eigenvalue weighted by Crippen LogP contribution is 2.19. The molecule has 0 bridgehead atoms. The Labute approximate surface area is 141 Å². The standard InChI is InChI=1S/C17H23N3O4/c1-5-20(11-12-6-8-13(24-4)9-7-12)15(21)10-14-16(22)19(3)17(23)18(14)2/h6-9,14H,5,10-11H2,1-4H3. The van der Waals surface area contributed by atoms with Crippen LogP contribution >= 0.6 is 0 Å². The summed E-state index contributed by atoms with van der Waals surface area (Å²) in [6.45, 7) is 2.87. The number of carbonyl (C=O) groups is 3. The summed E-state index contributed by atoms with van der Waals surface area (Å²) in [4.78, 5) is 40.5. The number of likely N-dealkylation sites (N-methyl/N-ethyl adjacent to an activating group) is 2. The molecule has 7 nitrogen and oxygen atoms in total. The van der Waals surface area contributed by atoms with Gasteiger partial charge in [-0.25, -0.2) is 4.79 Å². The lowest BCUT2D eigenvalue weighted by Gasteiger charge is -2.24. The van der Waals surface area contributed by atoms with Crippen LogP contribution < -0.4 is 4.74 Å². The van der Waals surface area contributed by atoms with Crippen molar-refractivity contribution in [3.05, 3.63) is 29.8 Å². The molecule has 0 N–H and O–H groups in total. The average molecular weight is 333 g/mol. The van der Waals surface area contributed by atoms with Gasteiger partial charge in [0.1, 0.15) is 11.8 Å². The van der Waals surface area contributed by atoms with Gasteiger partial charge >= 0.3 is 6.03 Å². The second kappa shape index (κ2) is 7.33. The summed E-state index contributed by atoms with van der Waals surface area (Å²) in [6, 6.07) is 6.39. The van der Waals surface area contributed by atoms with E-state index in [2.05, 4.69) is 0 Å². The van der Waals surface area contributed by atoms with Crippen molar-refractivity contribution < 1.29 is 19.1 Å². The van der Waals surface area contributed by atoms with Crippen LogP contribution in [0.3, 0.4) is 0 Å². The fourth-order valence-corrected chi connectivity index (χ4v) is 2.70. The van der Waals surface area contributed by atoms with E-state index in [1.54, 1.807) is 19.1 Å². The summed E-state index contributed by atoms with van der Waals surface area (Å²) in [5.74, 6) is 0.269. The van der Waals surface area contributed by atoms with Crippen LogP contribution in [-0.2, 0) is 16.1 Å². The lowest BCUT2D eigenvalue weighted by molar-refractivity contribution is -0.136. The monoisotopic (exact) mass is 333 g/mol. The summed E-state index contributed by atoms with van der Waals surface area (Å²) in [7, 11) is 4.58. The average Bonchev–Trinajstić information content (AvgIpc) is 2.78. The Balaban J connectivity index is 2.03. The number of hydrogen-bond acceptors (Lipinski definition) is 4.